The van der Waals surface area contributed by atoms with Crippen molar-refractivity contribution in [2.45, 2.75) is 57.9 Å². The average Bonchev–Trinajstić information content (AvgIpc) is 2.86. The molecule has 2 amide bonds. The van der Waals surface area contributed by atoms with Crippen LogP contribution in [0.5, 0.6) is 5.75 Å². The molecule has 2 fully saturated rings. The monoisotopic (exact) mass is 450 g/mol. The van der Waals surface area contributed by atoms with Crippen molar-refractivity contribution in [3.63, 3.8) is 0 Å². The number of ether oxygens (including phenoxy) is 1. The van der Waals surface area contributed by atoms with Crippen molar-refractivity contribution in [2.24, 2.45) is 5.92 Å². The van der Waals surface area contributed by atoms with Gasteiger partial charge in [-0.3, -0.25) is 9.59 Å². The van der Waals surface area contributed by atoms with Gasteiger partial charge in [0.15, 0.2) is 0 Å². The topological polar surface area (TPSA) is 83.6 Å². The lowest BCUT2D eigenvalue weighted by atomic mass is 9.87. The summed E-state index contributed by atoms with van der Waals surface area (Å²) >= 11 is 0. The van der Waals surface area contributed by atoms with Crippen LogP contribution in [-0.2, 0) is 4.79 Å². The maximum atomic E-state index is 13.0. The number of hydrogen-bond donors (Lipinski definition) is 2. The van der Waals surface area contributed by atoms with Crippen LogP contribution in [0, 0.1) is 5.92 Å². The standard InChI is InChI=1S/C26H34N4O3/c1-2-33-22-12-10-20(11-13-22)28-24-23(9-6-16-27-24)25(31)29-21-14-17-30(18-15-21)26(32)19-7-4-3-5-8-19/h6,9-13,16,19,21H,2-5,7-8,14-15,17-18H2,1H3,(H,27,28)(H,29,31). The molecule has 0 bridgehead atoms. The number of carbonyl (C=O) groups excluding carboxylic acids is 2. The number of pyridine rings is 1. The summed E-state index contributed by atoms with van der Waals surface area (Å²) in [7, 11) is 0. The average molecular weight is 451 g/mol. The molecule has 4 rings (SSSR count). The van der Waals surface area contributed by atoms with Gasteiger partial charge in [-0.25, -0.2) is 4.98 Å². The van der Waals surface area contributed by atoms with Gasteiger partial charge in [0, 0.05) is 36.9 Å². The summed E-state index contributed by atoms with van der Waals surface area (Å²) < 4.78 is 5.48. The normalized spacial score (nSPS) is 17.4. The van der Waals surface area contributed by atoms with Crippen LogP contribution in [0.3, 0.4) is 0 Å². The number of aromatic nitrogens is 1. The second-order valence-corrected chi connectivity index (χ2v) is 8.89. The summed E-state index contributed by atoms with van der Waals surface area (Å²) in [6, 6.07) is 11.2. The lowest BCUT2D eigenvalue weighted by molar-refractivity contribution is -0.137. The van der Waals surface area contributed by atoms with Gasteiger partial charge in [0.05, 0.1) is 12.2 Å². The van der Waals surface area contributed by atoms with Gasteiger partial charge in [-0.05, 0) is 69.0 Å². The zero-order chi connectivity index (χ0) is 23.0. The first-order chi connectivity index (χ1) is 16.1. The Bertz CT molecular complexity index is 933. The Kier molecular flexibility index (Phi) is 7.81. The zero-order valence-corrected chi connectivity index (χ0v) is 19.4. The third kappa shape index (κ3) is 6.03. The van der Waals surface area contributed by atoms with E-state index in [1.807, 2.05) is 36.1 Å². The van der Waals surface area contributed by atoms with E-state index >= 15 is 0 Å². The first-order valence-corrected chi connectivity index (χ1v) is 12.2. The Morgan fingerprint density at radius 3 is 2.45 bits per heavy atom. The van der Waals surface area contributed by atoms with Gasteiger partial charge >= 0.3 is 0 Å². The molecule has 1 aliphatic carbocycles. The van der Waals surface area contributed by atoms with Gasteiger partial charge in [0.2, 0.25) is 5.91 Å². The molecule has 2 heterocycles. The number of nitrogens with one attached hydrogen (secondary N) is 2. The molecule has 2 aliphatic rings. The molecule has 1 saturated heterocycles. The minimum absolute atomic E-state index is 0.0615. The number of rotatable bonds is 7. The number of benzene rings is 1. The Morgan fingerprint density at radius 1 is 1.03 bits per heavy atom. The largest absolute Gasteiger partial charge is 0.494 e. The zero-order valence-electron chi connectivity index (χ0n) is 19.4. The first-order valence-electron chi connectivity index (χ1n) is 12.2. The van der Waals surface area contributed by atoms with E-state index in [2.05, 4.69) is 15.6 Å². The first kappa shape index (κ1) is 23.1. The number of amides is 2. The molecular formula is C26H34N4O3. The molecule has 1 aliphatic heterocycles. The number of carbonyl (C=O) groups is 2. The van der Waals surface area contributed by atoms with Gasteiger partial charge in [0.1, 0.15) is 11.6 Å². The van der Waals surface area contributed by atoms with Crippen LogP contribution in [-0.4, -0.2) is 47.4 Å². The molecule has 33 heavy (non-hydrogen) atoms. The van der Waals surface area contributed by atoms with E-state index in [1.165, 1.54) is 19.3 Å². The highest BCUT2D eigenvalue weighted by molar-refractivity contribution is 5.99. The van der Waals surface area contributed by atoms with Crippen molar-refractivity contribution in [1.82, 2.24) is 15.2 Å². The molecule has 2 aromatic rings. The van der Waals surface area contributed by atoms with E-state index in [9.17, 15) is 9.59 Å². The minimum atomic E-state index is -0.145. The van der Waals surface area contributed by atoms with Crippen molar-refractivity contribution < 1.29 is 14.3 Å². The van der Waals surface area contributed by atoms with Gasteiger partial charge in [0.25, 0.3) is 5.91 Å². The van der Waals surface area contributed by atoms with Crippen molar-refractivity contribution in [3.8, 4) is 5.75 Å². The number of nitrogens with zero attached hydrogens (tertiary/aromatic N) is 2. The number of anilines is 2. The fourth-order valence-corrected chi connectivity index (χ4v) is 4.74. The molecular weight excluding hydrogens is 416 g/mol. The molecule has 7 nitrogen and oxygen atoms in total. The Labute approximate surface area is 195 Å². The van der Waals surface area contributed by atoms with E-state index in [-0.39, 0.29) is 17.9 Å². The maximum Gasteiger partial charge on any atom is 0.255 e. The molecule has 0 radical (unpaired) electrons. The van der Waals surface area contributed by atoms with E-state index in [0.717, 1.165) is 37.1 Å². The highest BCUT2D eigenvalue weighted by Gasteiger charge is 2.30. The van der Waals surface area contributed by atoms with Crippen LogP contribution in [0.2, 0.25) is 0 Å². The lowest BCUT2D eigenvalue weighted by Crippen LogP contribution is -2.48. The fourth-order valence-electron chi connectivity index (χ4n) is 4.74. The molecule has 0 unspecified atom stereocenters. The van der Waals surface area contributed by atoms with Crippen LogP contribution in [0.25, 0.3) is 0 Å². The molecule has 176 valence electrons. The summed E-state index contributed by atoms with van der Waals surface area (Å²) in [5, 5.41) is 6.39. The second kappa shape index (κ2) is 11.2. The van der Waals surface area contributed by atoms with E-state index in [0.29, 0.717) is 37.0 Å². The van der Waals surface area contributed by atoms with Crippen LogP contribution < -0.4 is 15.4 Å². The predicted octanol–water partition coefficient (Wildman–Crippen LogP) is 4.53. The van der Waals surface area contributed by atoms with Gasteiger partial charge in [-0.1, -0.05) is 19.3 Å². The second-order valence-electron chi connectivity index (χ2n) is 8.89. The van der Waals surface area contributed by atoms with Crippen LogP contribution in [0.15, 0.2) is 42.6 Å². The Balaban J connectivity index is 1.32. The summed E-state index contributed by atoms with van der Waals surface area (Å²) in [6.45, 7) is 3.99. The van der Waals surface area contributed by atoms with Crippen LogP contribution >= 0.6 is 0 Å². The summed E-state index contributed by atoms with van der Waals surface area (Å²) in [5.41, 5.74) is 1.34. The predicted molar refractivity (Wildman–Crippen MR) is 129 cm³/mol. The molecule has 1 aromatic heterocycles. The third-order valence-electron chi connectivity index (χ3n) is 6.58. The summed E-state index contributed by atoms with van der Waals surface area (Å²) in [4.78, 5) is 32.2. The fraction of sp³-hybridized carbons (Fsp3) is 0.500. The smallest absolute Gasteiger partial charge is 0.255 e. The lowest BCUT2D eigenvalue weighted by Gasteiger charge is -2.35. The van der Waals surface area contributed by atoms with Crippen molar-refractivity contribution in [1.29, 1.82) is 0 Å². The van der Waals surface area contributed by atoms with Crippen LogP contribution in [0.1, 0.15) is 62.2 Å². The molecule has 1 saturated carbocycles. The summed E-state index contributed by atoms with van der Waals surface area (Å²) in [6.07, 6.45) is 8.88. The third-order valence-corrected chi connectivity index (χ3v) is 6.58. The maximum absolute atomic E-state index is 13.0. The Morgan fingerprint density at radius 2 is 1.76 bits per heavy atom. The van der Waals surface area contributed by atoms with E-state index in [1.54, 1.807) is 18.3 Å². The SMILES string of the molecule is CCOc1ccc(Nc2ncccc2C(=O)NC2CCN(C(=O)C3CCCCC3)CC2)cc1. The minimum Gasteiger partial charge on any atom is -0.494 e. The number of piperidine rings is 1. The number of likely N-dealkylation sites (tertiary alicyclic amines) is 1. The molecule has 0 atom stereocenters. The highest BCUT2D eigenvalue weighted by Crippen LogP contribution is 2.27. The van der Waals surface area contributed by atoms with Gasteiger partial charge in [-0.2, -0.15) is 0 Å². The molecule has 1 aromatic carbocycles. The van der Waals surface area contributed by atoms with Gasteiger partial charge < -0.3 is 20.3 Å². The van der Waals surface area contributed by atoms with Crippen molar-refractivity contribution >= 4 is 23.3 Å². The quantitative estimate of drug-likeness (QED) is 0.648. The Hall–Kier alpha value is -3.09. The van der Waals surface area contributed by atoms with E-state index in [4.69, 9.17) is 4.74 Å². The van der Waals surface area contributed by atoms with Gasteiger partial charge in [-0.15, -0.1) is 0 Å². The molecule has 2 N–H and O–H groups in total. The highest BCUT2D eigenvalue weighted by atomic mass is 16.5. The molecule has 7 heteroatoms. The van der Waals surface area contributed by atoms with E-state index < -0.39 is 0 Å². The van der Waals surface area contributed by atoms with Crippen molar-refractivity contribution in [2.75, 3.05) is 25.0 Å². The van der Waals surface area contributed by atoms with Crippen molar-refractivity contribution in [3.05, 3.63) is 48.2 Å². The summed E-state index contributed by atoms with van der Waals surface area (Å²) in [5.74, 6) is 1.69. The van der Waals surface area contributed by atoms with Crippen LogP contribution in [0.4, 0.5) is 11.5 Å². The molecule has 0 spiro atoms. The number of hydrogen-bond acceptors (Lipinski definition) is 5.